The first-order chi connectivity index (χ1) is 24.3. The highest BCUT2D eigenvalue weighted by Gasteiger charge is 2.43. The second-order valence-corrected chi connectivity index (χ2v) is 13.7. The topological polar surface area (TPSA) is 57.7 Å². The molecule has 1 atom stereocenters. The van der Waals surface area contributed by atoms with Crippen LogP contribution in [0.15, 0.2) is 72.8 Å². The summed E-state index contributed by atoms with van der Waals surface area (Å²) in [5.41, 5.74) is -0.440. The van der Waals surface area contributed by atoms with E-state index in [0.29, 0.717) is 24.9 Å². The zero-order chi connectivity index (χ0) is 36.3. The number of pyridine rings is 1. The van der Waals surface area contributed by atoms with Crippen LogP contribution in [0.3, 0.4) is 0 Å². The van der Waals surface area contributed by atoms with Gasteiger partial charge in [-0.1, -0.05) is 48.9 Å². The van der Waals surface area contributed by atoms with Crippen LogP contribution in [0.4, 0.5) is 26.3 Å². The molecule has 0 bridgehead atoms. The molecule has 0 spiro atoms. The molecule has 2 saturated heterocycles. The number of alkyl halides is 6. The molecule has 0 saturated carbocycles. The van der Waals surface area contributed by atoms with Crippen molar-refractivity contribution >= 4 is 16.8 Å². The third-order valence-corrected chi connectivity index (χ3v) is 9.70. The first-order valence-corrected chi connectivity index (χ1v) is 17.5. The van der Waals surface area contributed by atoms with Crippen LogP contribution in [-0.4, -0.2) is 65.2 Å². The van der Waals surface area contributed by atoms with Gasteiger partial charge < -0.3 is 15.0 Å². The molecule has 3 aromatic carbocycles. The molecule has 0 aliphatic carbocycles. The standard InChI is InChI=1S/C39H42F6N4O2/c1-25(2)51-30-14-15-31-33(23-30)46-35(27-12-9-13-28(22-27)38(40,41)42)32(24-48-20-16-29(17-21-48)49-18-7-4-8-19-49)34(31)37(50)47-36(39(43,44)45)26-10-5-3-6-11-26/h3,5-6,9-15,22-23,25,29,36H,4,7-8,16-21,24H2,1-2H3,(H,47,50)/t36-/m1/s1. The third-order valence-electron chi connectivity index (χ3n) is 9.70. The number of fused-ring (bicyclic) bond motifs is 1. The van der Waals surface area contributed by atoms with Gasteiger partial charge in [0.25, 0.3) is 5.91 Å². The summed E-state index contributed by atoms with van der Waals surface area (Å²) in [6.07, 6.45) is -4.45. The number of carbonyl (C=O) groups is 1. The van der Waals surface area contributed by atoms with Crippen LogP contribution >= 0.6 is 0 Å². The average Bonchev–Trinajstić information content (AvgIpc) is 3.10. The van der Waals surface area contributed by atoms with Crippen LogP contribution in [0.2, 0.25) is 0 Å². The van der Waals surface area contributed by atoms with E-state index < -0.39 is 29.9 Å². The fourth-order valence-electron chi connectivity index (χ4n) is 7.28. The SMILES string of the molecule is CC(C)Oc1ccc2c(C(=O)N[C@H](c3ccccc3)C(F)(F)F)c(CN3CCC(N4CCCCC4)CC3)c(-c3cccc(C(F)(F)F)c3)nc2c1. The molecule has 2 aliphatic heterocycles. The van der Waals surface area contributed by atoms with Crippen molar-refractivity contribution in [1.29, 1.82) is 0 Å². The number of likely N-dealkylation sites (tertiary alicyclic amines) is 2. The molecular formula is C39H42F6N4O2. The maximum Gasteiger partial charge on any atom is 0.416 e. The molecule has 3 heterocycles. The van der Waals surface area contributed by atoms with Crippen molar-refractivity contribution in [3.05, 3.63) is 95.1 Å². The second kappa shape index (κ2) is 15.2. The lowest BCUT2D eigenvalue weighted by molar-refractivity contribution is -0.155. The summed E-state index contributed by atoms with van der Waals surface area (Å²) in [5.74, 6) is -0.603. The highest BCUT2D eigenvalue weighted by atomic mass is 19.4. The van der Waals surface area contributed by atoms with E-state index in [1.165, 1.54) is 42.8 Å². The van der Waals surface area contributed by atoms with Crippen LogP contribution in [-0.2, 0) is 12.7 Å². The summed E-state index contributed by atoms with van der Waals surface area (Å²) in [4.78, 5) is 23.9. The van der Waals surface area contributed by atoms with Gasteiger partial charge >= 0.3 is 12.4 Å². The Morgan fingerprint density at radius 3 is 2.24 bits per heavy atom. The van der Waals surface area contributed by atoms with Gasteiger partial charge in [-0.2, -0.15) is 26.3 Å². The molecule has 12 heteroatoms. The van der Waals surface area contributed by atoms with Crippen molar-refractivity contribution < 1.29 is 35.9 Å². The number of benzene rings is 3. The quantitative estimate of drug-likeness (QED) is 0.176. The Morgan fingerprint density at radius 1 is 0.882 bits per heavy atom. The van der Waals surface area contributed by atoms with E-state index in [0.717, 1.165) is 50.9 Å². The number of rotatable bonds is 9. The molecule has 272 valence electrons. The van der Waals surface area contributed by atoms with Crippen molar-refractivity contribution in [2.24, 2.45) is 0 Å². The van der Waals surface area contributed by atoms with Crippen LogP contribution in [0.25, 0.3) is 22.2 Å². The minimum Gasteiger partial charge on any atom is -0.491 e. The minimum atomic E-state index is -4.83. The number of nitrogens with zero attached hydrogens (tertiary/aromatic N) is 3. The fraction of sp³-hybridized carbons (Fsp3) is 0.436. The number of carbonyl (C=O) groups excluding carboxylic acids is 1. The number of hydrogen-bond donors (Lipinski definition) is 1. The normalized spacial score (nSPS) is 17.5. The second-order valence-electron chi connectivity index (χ2n) is 13.7. The lowest BCUT2D eigenvalue weighted by atomic mass is 9.93. The Labute approximate surface area is 293 Å². The van der Waals surface area contributed by atoms with E-state index in [-0.39, 0.29) is 51.5 Å². The van der Waals surface area contributed by atoms with Gasteiger partial charge in [0.2, 0.25) is 0 Å². The lowest BCUT2D eigenvalue weighted by Crippen LogP contribution is -2.46. The van der Waals surface area contributed by atoms with Crippen molar-refractivity contribution in [1.82, 2.24) is 20.1 Å². The Bertz CT molecular complexity index is 1810. The van der Waals surface area contributed by atoms with Gasteiger partial charge in [0.15, 0.2) is 6.04 Å². The van der Waals surface area contributed by atoms with Gasteiger partial charge in [-0.15, -0.1) is 0 Å². The molecular weight excluding hydrogens is 670 g/mol. The van der Waals surface area contributed by atoms with E-state index in [4.69, 9.17) is 9.72 Å². The van der Waals surface area contributed by atoms with E-state index >= 15 is 0 Å². The Hall–Kier alpha value is -4.16. The summed E-state index contributed by atoms with van der Waals surface area (Å²) in [5, 5.41) is 2.51. The number of aromatic nitrogens is 1. The van der Waals surface area contributed by atoms with E-state index in [2.05, 4.69) is 15.1 Å². The predicted molar refractivity (Wildman–Crippen MR) is 184 cm³/mol. The van der Waals surface area contributed by atoms with Gasteiger partial charge in [0.05, 0.1) is 28.4 Å². The molecule has 51 heavy (non-hydrogen) atoms. The van der Waals surface area contributed by atoms with E-state index in [1.807, 2.05) is 13.8 Å². The Kier molecular flexibility index (Phi) is 10.9. The minimum absolute atomic E-state index is 0.0631. The molecule has 2 aliphatic rings. The van der Waals surface area contributed by atoms with Gasteiger partial charge in [-0.25, -0.2) is 4.98 Å². The van der Waals surface area contributed by atoms with Crippen LogP contribution < -0.4 is 10.1 Å². The van der Waals surface area contributed by atoms with E-state index in [1.54, 1.807) is 24.3 Å². The molecule has 0 radical (unpaired) electrons. The summed E-state index contributed by atoms with van der Waals surface area (Å²) >= 11 is 0. The molecule has 4 aromatic rings. The number of hydrogen-bond acceptors (Lipinski definition) is 5. The fourth-order valence-corrected chi connectivity index (χ4v) is 7.28. The molecule has 1 N–H and O–H groups in total. The first-order valence-electron chi connectivity index (χ1n) is 17.5. The monoisotopic (exact) mass is 712 g/mol. The number of piperidine rings is 2. The lowest BCUT2D eigenvalue weighted by Gasteiger charge is -2.40. The number of halogens is 6. The zero-order valence-electron chi connectivity index (χ0n) is 28.7. The number of ether oxygens (including phenoxy) is 1. The van der Waals surface area contributed by atoms with Gasteiger partial charge in [-0.3, -0.25) is 9.69 Å². The highest BCUT2D eigenvalue weighted by Crippen LogP contribution is 2.39. The van der Waals surface area contributed by atoms with Crippen molar-refractivity contribution in [3.63, 3.8) is 0 Å². The van der Waals surface area contributed by atoms with Crippen molar-refractivity contribution in [2.75, 3.05) is 26.2 Å². The number of nitrogens with one attached hydrogen (secondary N) is 1. The third kappa shape index (κ3) is 8.66. The maximum atomic E-state index is 14.6. The maximum absolute atomic E-state index is 14.6. The molecule has 6 rings (SSSR count). The summed E-state index contributed by atoms with van der Waals surface area (Å²) in [6, 6.07) is 14.6. The Balaban J connectivity index is 1.49. The summed E-state index contributed by atoms with van der Waals surface area (Å²) in [7, 11) is 0. The molecule has 0 unspecified atom stereocenters. The molecule has 1 aromatic heterocycles. The molecule has 2 fully saturated rings. The smallest absolute Gasteiger partial charge is 0.416 e. The Morgan fingerprint density at radius 2 is 1.59 bits per heavy atom. The van der Waals surface area contributed by atoms with Crippen LogP contribution in [0.5, 0.6) is 5.75 Å². The van der Waals surface area contributed by atoms with Crippen LogP contribution in [0, 0.1) is 0 Å². The summed E-state index contributed by atoms with van der Waals surface area (Å²) in [6.45, 7) is 7.15. The first kappa shape index (κ1) is 36.6. The average molecular weight is 713 g/mol. The predicted octanol–water partition coefficient (Wildman–Crippen LogP) is 9.19. The van der Waals surface area contributed by atoms with E-state index in [9.17, 15) is 31.1 Å². The van der Waals surface area contributed by atoms with Gasteiger partial charge in [-0.05, 0) is 95.5 Å². The van der Waals surface area contributed by atoms with Gasteiger partial charge in [0.1, 0.15) is 5.75 Å². The summed E-state index contributed by atoms with van der Waals surface area (Å²) < 4.78 is 91.5. The molecule has 1 amide bonds. The van der Waals surface area contributed by atoms with Crippen molar-refractivity contribution in [2.45, 2.75) is 83.0 Å². The van der Waals surface area contributed by atoms with Gasteiger partial charge in [0, 0.05) is 35.2 Å². The van der Waals surface area contributed by atoms with Crippen LogP contribution in [0.1, 0.15) is 79.0 Å². The zero-order valence-corrected chi connectivity index (χ0v) is 28.7. The number of amides is 1. The largest absolute Gasteiger partial charge is 0.491 e. The molecule has 6 nitrogen and oxygen atoms in total. The highest BCUT2D eigenvalue weighted by molar-refractivity contribution is 6.09. The van der Waals surface area contributed by atoms with Crippen molar-refractivity contribution in [3.8, 4) is 17.0 Å².